The lowest BCUT2D eigenvalue weighted by Gasteiger charge is -2.16. The zero-order valence-electron chi connectivity index (χ0n) is 14.3. The number of ether oxygens (including phenoxy) is 1. The van der Waals surface area contributed by atoms with E-state index in [1.807, 2.05) is 61.7 Å². The fourth-order valence-electron chi connectivity index (χ4n) is 2.41. The first kappa shape index (κ1) is 16.7. The zero-order chi connectivity index (χ0) is 17.6. The highest BCUT2D eigenvalue weighted by atomic mass is 16.6. The summed E-state index contributed by atoms with van der Waals surface area (Å²) in [6, 6.07) is 21.0. The molecule has 0 radical (unpaired) electrons. The monoisotopic (exact) mass is 332 g/mol. The maximum absolute atomic E-state index is 12.2. The quantitative estimate of drug-likeness (QED) is 0.700. The smallest absolute Gasteiger partial charge is 0.410 e. The van der Waals surface area contributed by atoms with Crippen molar-refractivity contribution in [1.82, 2.24) is 4.98 Å². The highest BCUT2D eigenvalue weighted by Gasteiger charge is 2.12. The Morgan fingerprint density at radius 1 is 1.00 bits per heavy atom. The molecule has 0 fully saturated rings. The fraction of sp³-hybridized carbons (Fsp3) is 0.143. The summed E-state index contributed by atoms with van der Waals surface area (Å²) in [4.78, 5) is 18.1. The minimum Gasteiger partial charge on any atom is -0.410 e. The Balaban J connectivity index is 1.62. The summed E-state index contributed by atoms with van der Waals surface area (Å²) in [7, 11) is 1.69. The van der Waals surface area contributed by atoms with E-state index in [2.05, 4.69) is 11.1 Å². The van der Waals surface area contributed by atoms with Crippen molar-refractivity contribution in [1.29, 1.82) is 0 Å². The molecule has 25 heavy (non-hydrogen) atoms. The van der Waals surface area contributed by atoms with Crippen molar-refractivity contribution in [2.75, 3.05) is 11.9 Å². The number of rotatable bonds is 4. The summed E-state index contributed by atoms with van der Waals surface area (Å²) < 4.78 is 5.42. The second-order valence-corrected chi connectivity index (χ2v) is 5.91. The van der Waals surface area contributed by atoms with Gasteiger partial charge in [-0.15, -0.1) is 0 Å². The second-order valence-electron chi connectivity index (χ2n) is 5.91. The highest BCUT2D eigenvalue weighted by molar-refractivity contribution is 5.88. The van der Waals surface area contributed by atoms with Crippen molar-refractivity contribution in [3.63, 3.8) is 0 Å². The molecule has 0 saturated carbocycles. The van der Waals surface area contributed by atoms with Gasteiger partial charge in [-0.05, 0) is 48.4 Å². The average molecular weight is 332 g/mol. The van der Waals surface area contributed by atoms with Gasteiger partial charge in [-0.25, -0.2) is 4.79 Å². The maximum Gasteiger partial charge on any atom is 0.419 e. The van der Waals surface area contributed by atoms with E-state index in [0.29, 0.717) is 5.75 Å². The molecule has 0 bridgehead atoms. The van der Waals surface area contributed by atoms with E-state index in [1.54, 1.807) is 19.2 Å². The van der Waals surface area contributed by atoms with Gasteiger partial charge in [0.05, 0.1) is 0 Å². The number of aryl methyl sites for hydroxylation is 1. The molecular weight excluding hydrogens is 312 g/mol. The summed E-state index contributed by atoms with van der Waals surface area (Å²) in [5.41, 5.74) is 4.06. The van der Waals surface area contributed by atoms with E-state index in [1.165, 1.54) is 4.90 Å². The van der Waals surface area contributed by atoms with Crippen molar-refractivity contribution in [3.05, 3.63) is 89.7 Å². The number of carbonyl (C=O) groups is 1. The number of aromatic nitrogens is 1. The molecule has 0 unspecified atom stereocenters. The van der Waals surface area contributed by atoms with Gasteiger partial charge in [0.2, 0.25) is 0 Å². The van der Waals surface area contributed by atoms with Crippen LogP contribution in [-0.4, -0.2) is 18.1 Å². The molecule has 1 aromatic heterocycles. The second kappa shape index (κ2) is 7.62. The molecule has 0 aliphatic carbocycles. The molecule has 0 aliphatic heterocycles. The average Bonchev–Trinajstić information content (AvgIpc) is 2.65. The van der Waals surface area contributed by atoms with Crippen LogP contribution < -0.4 is 9.64 Å². The van der Waals surface area contributed by atoms with Crippen LogP contribution in [0, 0.1) is 6.92 Å². The van der Waals surface area contributed by atoms with Gasteiger partial charge in [-0.1, -0.05) is 36.4 Å². The fourth-order valence-corrected chi connectivity index (χ4v) is 2.41. The number of anilines is 1. The molecule has 1 amide bonds. The van der Waals surface area contributed by atoms with E-state index in [0.717, 1.165) is 28.9 Å². The summed E-state index contributed by atoms with van der Waals surface area (Å²) in [6.07, 6.45) is 2.20. The molecule has 1 heterocycles. The minimum absolute atomic E-state index is 0.417. The van der Waals surface area contributed by atoms with Gasteiger partial charge in [0.1, 0.15) is 5.75 Å². The van der Waals surface area contributed by atoms with Crippen LogP contribution in [0.15, 0.2) is 72.9 Å². The molecule has 4 heteroatoms. The van der Waals surface area contributed by atoms with Crippen LogP contribution in [0.5, 0.6) is 5.75 Å². The molecule has 0 atom stereocenters. The first-order valence-electron chi connectivity index (χ1n) is 8.13. The van der Waals surface area contributed by atoms with Crippen molar-refractivity contribution < 1.29 is 9.53 Å². The zero-order valence-corrected chi connectivity index (χ0v) is 14.3. The number of hydrogen-bond donors (Lipinski definition) is 0. The summed E-state index contributed by atoms with van der Waals surface area (Å²) in [5, 5.41) is 0. The number of carbonyl (C=O) groups excluding carboxylic acids is 1. The Hall–Kier alpha value is -3.14. The van der Waals surface area contributed by atoms with Gasteiger partial charge in [-0.2, -0.15) is 0 Å². The molecule has 4 nitrogen and oxygen atoms in total. The molecule has 0 saturated heterocycles. The lowest BCUT2D eigenvalue weighted by Crippen LogP contribution is -2.29. The van der Waals surface area contributed by atoms with Crippen LogP contribution in [0.25, 0.3) is 0 Å². The third kappa shape index (κ3) is 4.44. The third-order valence-corrected chi connectivity index (χ3v) is 3.90. The van der Waals surface area contributed by atoms with Crippen molar-refractivity contribution >= 4 is 11.8 Å². The predicted molar refractivity (Wildman–Crippen MR) is 99.1 cm³/mol. The van der Waals surface area contributed by atoms with Gasteiger partial charge >= 0.3 is 6.09 Å². The van der Waals surface area contributed by atoms with Crippen LogP contribution in [0.2, 0.25) is 0 Å². The van der Waals surface area contributed by atoms with Gasteiger partial charge in [0.25, 0.3) is 0 Å². The lowest BCUT2D eigenvalue weighted by molar-refractivity contribution is 0.209. The number of benzene rings is 2. The summed E-state index contributed by atoms with van der Waals surface area (Å²) in [5.74, 6) is 0.522. The largest absolute Gasteiger partial charge is 0.419 e. The number of amides is 1. The SMILES string of the molecule is Cc1ccc(Cc2ccc(OC(=O)N(C)c3ccccc3)cc2)nc1. The van der Waals surface area contributed by atoms with Crippen molar-refractivity contribution in [2.45, 2.75) is 13.3 Å². The van der Waals surface area contributed by atoms with Crippen LogP contribution in [0.4, 0.5) is 10.5 Å². The Morgan fingerprint density at radius 3 is 2.36 bits per heavy atom. The summed E-state index contributed by atoms with van der Waals surface area (Å²) >= 11 is 0. The number of pyridine rings is 1. The number of para-hydroxylation sites is 1. The molecular formula is C21H20N2O2. The van der Waals surface area contributed by atoms with E-state index < -0.39 is 6.09 Å². The normalized spacial score (nSPS) is 10.3. The Bertz CT molecular complexity index is 828. The van der Waals surface area contributed by atoms with Crippen LogP contribution in [0.1, 0.15) is 16.8 Å². The molecule has 0 spiro atoms. The lowest BCUT2D eigenvalue weighted by atomic mass is 10.1. The minimum atomic E-state index is -0.417. The van der Waals surface area contributed by atoms with Crippen LogP contribution >= 0.6 is 0 Å². The predicted octanol–water partition coefficient (Wildman–Crippen LogP) is 4.62. The standard InChI is InChI=1S/C21H20N2O2/c1-16-8-11-18(22-15-16)14-17-9-12-20(13-10-17)25-21(24)23(2)19-6-4-3-5-7-19/h3-13,15H,14H2,1-2H3. The molecule has 0 N–H and O–H groups in total. The molecule has 126 valence electrons. The first-order chi connectivity index (χ1) is 12.1. The Labute approximate surface area is 147 Å². The van der Waals surface area contributed by atoms with Gasteiger partial charge in [0.15, 0.2) is 0 Å². The Kier molecular flexibility index (Phi) is 5.09. The topological polar surface area (TPSA) is 42.4 Å². The summed E-state index contributed by atoms with van der Waals surface area (Å²) in [6.45, 7) is 2.02. The van der Waals surface area contributed by atoms with E-state index in [-0.39, 0.29) is 0 Å². The maximum atomic E-state index is 12.2. The van der Waals surface area contributed by atoms with E-state index in [4.69, 9.17) is 4.74 Å². The number of hydrogen-bond acceptors (Lipinski definition) is 3. The van der Waals surface area contributed by atoms with E-state index in [9.17, 15) is 4.79 Å². The van der Waals surface area contributed by atoms with Crippen LogP contribution in [-0.2, 0) is 6.42 Å². The first-order valence-corrected chi connectivity index (χ1v) is 8.13. The van der Waals surface area contributed by atoms with Gasteiger partial charge in [-0.3, -0.25) is 9.88 Å². The Morgan fingerprint density at radius 2 is 1.72 bits per heavy atom. The van der Waals surface area contributed by atoms with Crippen molar-refractivity contribution in [3.8, 4) is 5.75 Å². The molecule has 2 aromatic carbocycles. The van der Waals surface area contributed by atoms with Crippen molar-refractivity contribution in [2.24, 2.45) is 0 Å². The van der Waals surface area contributed by atoms with Gasteiger partial charge < -0.3 is 4.74 Å². The molecule has 3 aromatic rings. The third-order valence-electron chi connectivity index (χ3n) is 3.90. The molecule has 3 rings (SSSR count). The highest BCUT2D eigenvalue weighted by Crippen LogP contribution is 2.18. The van der Waals surface area contributed by atoms with Crippen LogP contribution in [0.3, 0.4) is 0 Å². The number of nitrogens with zero attached hydrogens (tertiary/aromatic N) is 2. The van der Waals surface area contributed by atoms with Gasteiger partial charge in [0, 0.05) is 31.0 Å². The van der Waals surface area contributed by atoms with E-state index >= 15 is 0 Å². The molecule has 0 aliphatic rings.